The predicted molar refractivity (Wildman–Crippen MR) is 144 cm³/mol. The minimum Gasteiger partial charge on any atom is -0.495 e. The number of hydrogen-bond acceptors (Lipinski definition) is 5. The van der Waals surface area contributed by atoms with Gasteiger partial charge in [-0.2, -0.15) is 0 Å². The van der Waals surface area contributed by atoms with Gasteiger partial charge in [0, 0.05) is 18.1 Å². The number of ether oxygens (including phenoxy) is 1. The van der Waals surface area contributed by atoms with Crippen molar-refractivity contribution in [2.24, 2.45) is 0 Å². The summed E-state index contributed by atoms with van der Waals surface area (Å²) in [6, 6.07) is 16.6. The Morgan fingerprint density at radius 1 is 1.05 bits per heavy atom. The topological polar surface area (TPSA) is 96.0 Å². The monoisotopic (exact) mass is 561 g/mol. The number of halogens is 2. The molecule has 0 bridgehead atoms. The molecule has 0 aliphatic heterocycles. The van der Waals surface area contributed by atoms with Gasteiger partial charge in [-0.25, -0.2) is 12.8 Å². The van der Waals surface area contributed by atoms with Crippen molar-refractivity contribution in [3.63, 3.8) is 0 Å². The number of nitrogens with zero attached hydrogens (tertiary/aromatic N) is 2. The highest BCUT2D eigenvalue weighted by Crippen LogP contribution is 2.35. The fourth-order valence-corrected chi connectivity index (χ4v) is 5.39. The molecule has 0 saturated heterocycles. The maximum atomic E-state index is 13.8. The van der Waals surface area contributed by atoms with Gasteiger partial charge < -0.3 is 15.0 Å². The van der Waals surface area contributed by atoms with Crippen LogP contribution in [0.4, 0.5) is 10.1 Å². The van der Waals surface area contributed by atoms with Crippen molar-refractivity contribution in [3.8, 4) is 5.75 Å². The molecular weight excluding hydrogens is 533 g/mol. The summed E-state index contributed by atoms with van der Waals surface area (Å²) in [7, 11) is -2.89. The standard InChI is InChI=1S/C27H29ClFN3O5S/c1-4-30-27(34)19(2)31(17-20-10-13-22(29)14-11-20)26(33)18-32(24-16-21(28)12-15-25(24)37-3)38(35,36)23-8-6-5-7-9-23/h5-16,19H,4,17-18H2,1-3H3,(H,30,34)/t19-/m0/s1. The number of rotatable bonds is 11. The molecule has 0 unspecified atom stereocenters. The molecule has 0 aromatic heterocycles. The molecule has 202 valence electrons. The van der Waals surface area contributed by atoms with E-state index in [0.717, 1.165) is 4.31 Å². The minimum atomic E-state index is -4.27. The number of hydrogen-bond donors (Lipinski definition) is 1. The van der Waals surface area contributed by atoms with Gasteiger partial charge in [-0.3, -0.25) is 13.9 Å². The second kappa shape index (κ2) is 12.7. The average Bonchev–Trinajstić information content (AvgIpc) is 2.91. The third-order valence-electron chi connectivity index (χ3n) is 5.80. The zero-order valence-electron chi connectivity index (χ0n) is 21.2. The van der Waals surface area contributed by atoms with Gasteiger partial charge in [0.2, 0.25) is 11.8 Å². The highest BCUT2D eigenvalue weighted by molar-refractivity contribution is 7.92. The molecule has 3 aromatic rings. The molecule has 11 heteroatoms. The molecule has 1 atom stereocenters. The summed E-state index contributed by atoms with van der Waals surface area (Å²) in [4.78, 5) is 27.7. The van der Waals surface area contributed by atoms with Crippen LogP contribution < -0.4 is 14.4 Å². The lowest BCUT2D eigenvalue weighted by Crippen LogP contribution is -2.51. The van der Waals surface area contributed by atoms with Crippen LogP contribution in [-0.4, -0.2) is 51.4 Å². The largest absolute Gasteiger partial charge is 0.495 e. The van der Waals surface area contributed by atoms with Crippen molar-refractivity contribution in [1.82, 2.24) is 10.2 Å². The lowest BCUT2D eigenvalue weighted by atomic mass is 10.1. The quantitative estimate of drug-likeness (QED) is 0.378. The number of likely N-dealkylation sites (N-methyl/N-ethyl adjacent to an activating group) is 1. The van der Waals surface area contributed by atoms with E-state index in [1.807, 2.05) is 0 Å². The number of carbonyl (C=O) groups excluding carboxylic acids is 2. The Balaban J connectivity index is 2.08. The van der Waals surface area contributed by atoms with Gasteiger partial charge in [0.1, 0.15) is 24.2 Å². The summed E-state index contributed by atoms with van der Waals surface area (Å²) < 4.78 is 47.4. The van der Waals surface area contributed by atoms with Crippen LogP contribution in [-0.2, 0) is 26.2 Å². The van der Waals surface area contributed by atoms with E-state index in [1.54, 1.807) is 32.0 Å². The molecule has 0 fully saturated rings. The molecule has 0 radical (unpaired) electrons. The highest BCUT2D eigenvalue weighted by atomic mass is 35.5. The van der Waals surface area contributed by atoms with E-state index in [4.69, 9.17) is 16.3 Å². The molecule has 0 aliphatic carbocycles. The van der Waals surface area contributed by atoms with Crippen LogP contribution in [0.2, 0.25) is 5.02 Å². The van der Waals surface area contributed by atoms with Gasteiger partial charge in [0.25, 0.3) is 10.0 Å². The van der Waals surface area contributed by atoms with Crippen LogP contribution in [0.5, 0.6) is 5.75 Å². The van der Waals surface area contributed by atoms with Crippen LogP contribution in [0.25, 0.3) is 0 Å². The number of benzene rings is 3. The maximum Gasteiger partial charge on any atom is 0.264 e. The van der Waals surface area contributed by atoms with Crippen molar-refractivity contribution in [3.05, 3.63) is 89.2 Å². The second-order valence-electron chi connectivity index (χ2n) is 8.36. The Bertz CT molecular complexity index is 1370. The third kappa shape index (κ3) is 6.81. The first kappa shape index (κ1) is 28.9. The highest BCUT2D eigenvalue weighted by Gasteiger charge is 2.33. The Hall–Kier alpha value is -3.63. The Morgan fingerprint density at radius 3 is 2.32 bits per heavy atom. The lowest BCUT2D eigenvalue weighted by molar-refractivity contribution is -0.139. The van der Waals surface area contributed by atoms with E-state index in [2.05, 4.69) is 5.32 Å². The number of methoxy groups -OCH3 is 1. The van der Waals surface area contributed by atoms with Crippen molar-refractivity contribution < 1.29 is 27.1 Å². The summed E-state index contributed by atoms with van der Waals surface area (Å²) >= 11 is 6.20. The van der Waals surface area contributed by atoms with Crippen molar-refractivity contribution in [2.45, 2.75) is 31.3 Å². The molecule has 0 spiro atoms. The van der Waals surface area contributed by atoms with Gasteiger partial charge in [-0.15, -0.1) is 0 Å². The third-order valence-corrected chi connectivity index (χ3v) is 7.81. The van der Waals surface area contributed by atoms with Crippen LogP contribution >= 0.6 is 11.6 Å². The fourth-order valence-electron chi connectivity index (χ4n) is 3.78. The first-order valence-corrected chi connectivity index (χ1v) is 13.6. The predicted octanol–water partition coefficient (Wildman–Crippen LogP) is 4.24. The van der Waals surface area contributed by atoms with E-state index in [0.29, 0.717) is 12.1 Å². The SMILES string of the molecule is CCNC(=O)[C@H](C)N(Cc1ccc(F)cc1)C(=O)CN(c1cc(Cl)ccc1OC)S(=O)(=O)c1ccccc1. The number of anilines is 1. The molecule has 0 aliphatic rings. The molecule has 1 N–H and O–H groups in total. The molecule has 38 heavy (non-hydrogen) atoms. The van der Waals surface area contributed by atoms with E-state index < -0.39 is 40.2 Å². The van der Waals surface area contributed by atoms with Gasteiger partial charge in [-0.1, -0.05) is 41.9 Å². The van der Waals surface area contributed by atoms with E-state index >= 15 is 0 Å². The van der Waals surface area contributed by atoms with Crippen LogP contribution in [0.3, 0.4) is 0 Å². The Morgan fingerprint density at radius 2 is 1.71 bits per heavy atom. The first-order valence-electron chi connectivity index (χ1n) is 11.8. The number of amides is 2. The molecular formula is C27H29ClFN3O5S. The second-order valence-corrected chi connectivity index (χ2v) is 10.7. The molecule has 3 rings (SSSR count). The minimum absolute atomic E-state index is 0.0447. The molecule has 8 nitrogen and oxygen atoms in total. The van der Waals surface area contributed by atoms with E-state index in [9.17, 15) is 22.4 Å². The summed E-state index contributed by atoms with van der Waals surface area (Å²) in [5.74, 6) is -1.34. The summed E-state index contributed by atoms with van der Waals surface area (Å²) in [6.07, 6.45) is 0. The number of nitrogens with one attached hydrogen (secondary N) is 1. The fraction of sp³-hybridized carbons (Fsp3) is 0.259. The van der Waals surface area contributed by atoms with Crippen molar-refractivity contribution >= 4 is 39.1 Å². The van der Waals surface area contributed by atoms with Gasteiger partial charge >= 0.3 is 0 Å². The van der Waals surface area contributed by atoms with Gasteiger partial charge in [0.05, 0.1) is 17.7 Å². The van der Waals surface area contributed by atoms with Gasteiger partial charge in [-0.05, 0) is 61.9 Å². The lowest BCUT2D eigenvalue weighted by Gasteiger charge is -2.32. The van der Waals surface area contributed by atoms with E-state index in [1.165, 1.54) is 66.6 Å². The molecule has 3 aromatic carbocycles. The molecule has 0 saturated carbocycles. The number of sulfonamides is 1. The summed E-state index contributed by atoms with van der Waals surface area (Å²) in [5, 5.41) is 2.92. The summed E-state index contributed by atoms with van der Waals surface area (Å²) in [6.45, 7) is 2.93. The smallest absolute Gasteiger partial charge is 0.264 e. The molecule has 0 heterocycles. The normalized spacial score (nSPS) is 11.9. The average molecular weight is 562 g/mol. The Labute approximate surface area is 227 Å². The van der Waals surface area contributed by atoms with Crippen LogP contribution in [0.1, 0.15) is 19.4 Å². The zero-order chi connectivity index (χ0) is 27.9. The van der Waals surface area contributed by atoms with Crippen molar-refractivity contribution in [2.75, 3.05) is 24.5 Å². The zero-order valence-corrected chi connectivity index (χ0v) is 22.8. The first-order chi connectivity index (χ1) is 18.1. The van der Waals surface area contributed by atoms with Gasteiger partial charge in [0.15, 0.2) is 0 Å². The van der Waals surface area contributed by atoms with E-state index in [-0.39, 0.29) is 27.9 Å². The Kier molecular flexibility index (Phi) is 9.71. The summed E-state index contributed by atoms with van der Waals surface area (Å²) in [5.41, 5.74) is 0.623. The van der Waals surface area contributed by atoms with Crippen LogP contribution in [0, 0.1) is 5.82 Å². The van der Waals surface area contributed by atoms with Crippen LogP contribution in [0.15, 0.2) is 77.7 Å². The number of carbonyl (C=O) groups is 2. The molecule has 2 amide bonds. The maximum absolute atomic E-state index is 13.8. The van der Waals surface area contributed by atoms with Crippen molar-refractivity contribution in [1.29, 1.82) is 0 Å².